The molecular weight excluding hydrogens is 365 g/mol. The molecule has 1 aliphatic heterocycles. The Labute approximate surface area is 154 Å². The van der Waals surface area contributed by atoms with Crippen LogP contribution < -0.4 is 10.6 Å². The van der Waals surface area contributed by atoms with Crippen molar-refractivity contribution >= 4 is 23.3 Å². The van der Waals surface area contributed by atoms with Gasteiger partial charge in [-0.1, -0.05) is 23.4 Å². The van der Waals surface area contributed by atoms with E-state index in [0.29, 0.717) is 37.3 Å². The Balaban J connectivity index is 1.74. The molecule has 1 aliphatic rings. The fourth-order valence-electron chi connectivity index (χ4n) is 2.32. The Morgan fingerprint density at radius 3 is 2.44 bits per heavy atom. The van der Waals surface area contributed by atoms with Gasteiger partial charge in [0.15, 0.2) is 0 Å². The Bertz CT molecular complexity index is 670. The van der Waals surface area contributed by atoms with Crippen LogP contribution in [0.1, 0.15) is 19.8 Å². The lowest BCUT2D eigenvalue weighted by Gasteiger charge is -2.27. The summed E-state index contributed by atoms with van der Waals surface area (Å²) in [4.78, 5) is 30.3. The van der Waals surface area contributed by atoms with Gasteiger partial charge in [-0.2, -0.15) is 13.2 Å². The third-order valence-electron chi connectivity index (χ3n) is 3.83. The molecule has 1 saturated heterocycles. The van der Waals surface area contributed by atoms with Crippen LogP contribution in [0.25, 0.3) is 0 Å². The molecule has 0 aliphatic carbocycles. The number of hydrogen-bond acceptors (Lipinski definition) is 4. The van der Waals surface area contributed by atoms with Gasteiger partial charge in [0.25, 0.3) is 5.91 Å². The highest BCUT2D eigenvalue weighted by Crippen LogP contribution is 2.13. The van der Waals surface area contributed by atoms with Gasteiger partial charge in [0.05, 0.1) is 5.71 Å². The van der Waals surface area contributed by atoms with Crippen molar-refractivity contribution in [1.29, 1.82) is 0 Å². The van der Waals surface area contributed by atoms with E-state index in [1.54, 1.807) is 22.3 Å². The number of nitrogens with zero attached hydrogens (tertiary/aromatic N) is 2. The number of carbonyl (C=O) groups is 2. The van der Waals surface area contributed by atoms with Gasteiger partial charge in [0, 0.05) is 31.6 Å². The van der Waals surface area contributed by atoms with Gasteiger partial charge in [0.1, 0.15) is 6.54 Å². The lowest BCUT2D eigenvalue weighted by Crippen LogP contribution is -2.41. The van der Waals surface area contributed by atoms with Gasteiger partial charge in [-0.15, -0.1) is 0 Å². The highest BCUT2D eigenvalue weighted by atomic mass is 19.4. The number of hydrogen-bond donors (Lipinski definition) is 2. The predicted molar refractivity (Wildman–Crippen MR) is 93.3 cm³/mol. The summed E-state index contributed by atoms with van der Waals surface area (Å²) in [7, 11) is 0. The molecule has 0 unspecified atom stereocenters. The lowest BCUT2D eigenvalue weighted by atomic mass is 10.1. The number of alkyl halides is 3. The molecule has 2 rings (SSSR count). The molecule has 0 aromatic heterocycles. The molecule has 1 aromatic rings. The Hall–Kier alpha value is -2.78. The Kier molecular flexibility index (Phi) is 7.03. The quantitative estimate of drug-likeness (QED) is 0.764. The number of para-hydroxylation sites is 1. The summed E-state index contributed by atoms with van der Waals surface area (Å²) in [5.74, 6) is -0.892. The first-order chi connectivity index (χ1) is 12.7. The number of urea groups is 1. The van der Waals surface area contributed by atoms with Crippen LogP contribution in [0.2, 0.25) is 0 Å². The fraction of sp³-hybridized carbons (Fsp3) is 0.471. The molecule has 0 bridgehead atoms. The first-order valence-electron chi connectivity index (χ1n) is 8.41. The van der Waals surface area contributed by atoms with Crippen molar-refractivity contribution in [2.45, 2.75) is 32.0 Å². The number of likely N-dealkylation sites (tertiary alicyclic amines) is 1. The minimum absolute atomic E-state index is 0.221. The maximum atomic E-state index is 12.2. The van der Waals surface area contributed by atoms with Crippen molar-refractivity contribution in [3.63, 3.8) is 0 Å². The normalized spacial score (nSPS) is 15.7. The van der Waals surface area contributed by atoms with Crippen LogP contribution in [0.15, 0.2) is 35.5 Å². The van der Waals surface area contributed by atoms with E-state index in [1.165, 1.54) is 6.92 Å². The van der Waals surface area contributed by atoms with Gasteiger partial charge in [-0.25, -0.2) is 4.79 Å². The van der Waals surface area contributed by atoms with Gasteiger partial charge >= 0.3 is 12.2 Å². The maximum Gasteiger partial charge on any atom is 0.405 e. The zero-order valence-corrected chi connectivity index (χ0v) is 14.8. The van der Waals surface area contributed by atoms with Crippen molar-refractivity contribution in [2.24, 2.45) is 5.16 Å². The van der Waals surface area contributed by atoms with E-state index in [9.17, 15) is 22.8 Å². The topological polar surface area (TPSA) is 83.0 Å². The van der Waals surface area contributed by atoms with Crippen molar-refractivity contribution in [1.82, 2.24) is 10.2 Å². The molecule has 3 amide bonds. The minimum Gasteiger partial charge on any atom is -0.383 e. The van der Waals surface area contributed by atoms with E-state index in [1.807, 2.05) is 18.2 Å². The standard InChI is InChI=1S/C17H21F3N4O3/c1-12(15(25)21-11-17(18,19)20)27-23-14-7-9-24(10-8-14)16(26)22-13-5-3-2-4-6-13/h2-6,12H,7-11H2,1H3,(H,21,25)(H,22,26)/t12-/m1/s1. The number of anilines is 1. The van der Waals surface area contributed by atoms with Gasteiger partial charge in [-0.05, 0) is 19.1 Å². The smallest absolute Gasteiger partial charge is 0.383 e. The number of piperidine rings is 1. The average Bonchev–Trinajstić information content (AvgIpc) is 2.64. The van der Waals surface area contributed by atoms with E-state index in [-0.39, 0.29) is 6.03 Å². The minimum atomic E-state index is -4.48. The zero-order valence-electron chi connectivity index (χ0n) is 14.8. The summed E-state index contributed by atoms with van der Waals surface area (Å²) in [5, 5.41) is 8.37. The highest BCUT2D eigenvalue weighted by Gasteiger charge is 2.29. The van der Waals surface area contributed by atoms with Crippen LogP contribution in [0, 0.1) is 0 Å². The van der Waals surface area contributed by atoms with Crippen LogP contribution in [0.4, 0.5) is 23.7 Å². The molecule has 0 spiro atoms. The van der Waals surface area contributed by atoms with Crippen molar-refractivity contribution < 1.29 is 27.6 Å². The number of nitrogens with one attached hydrogen (secondary N) is 2. The fourth-order valence-corrected chi connectivity index (χ4v) is 2.32. The predicted octanol–water partition coefficient (Wildman–Crippen LogP) is 2.75. The molecule has 27 heavy (non-hydrogen) atoms. The summed E-state index contributed by atoms with van der Waals surface area (Å²) in [6.45, 7) is 0.755. The van der Waals surface area contributed by atoms with E-state index in [4.69, 9.17) is 4.84 Å². The number of rotatable bonds is 5. The molecule has 1 heterocycles. The number of carbonyl (C=O) groups excluding carboxylic acids is 2. The van der Waals surface area contributed by atoms with E-state index in [0.717, 1.165) is 0 Å². The first kappa shape index (κ1) is 20.5. The van der Waals surface area contributed by atoms with E-state index < -0.39 is 24.7 Å². The first-order valence-corrected chi connectivity index (χ1v) is 8.41. The summed E-state index contributed by atoms with van der Waals surface area (Å²) in [6, 6.07) is 8.84. The summed E-state index contributed by atoms with van der Waals surface area (Å²) in [6.07, 6.45) is -4.70. The SMILES string of the molecule is C[C@@H](ON=C1CCN(C(=O)Nc2ccccc2)CC1)C(=O)NCC(F)(F)F. The molecule has 7 nitrogen and oxygen atoms in total. The van der Waals surface area contributed by atoms with E-state index >= 15 is 0 Å². The molecule has 1 atom stereocenters. The Morgan fingerprint density at radius 2 is 1.85 bits per heavy atom. The third-order valence-corrected chi connectivity index (χ3v) is 3.83. The molecule has 1 aromatic carbocycles. The van der Waals surface area contributed by atoms with E-state index in [2.05, 4.69) is 10.5 Å². The van der Waals surface area contributed by atoms with Crippen LogP contribution in [0.5, 0.6) is 0 Å². The largest absolute Gasteiger partial charge is 0.405 e. The summed E-state index contributed by atoms with van der Waals surface area (Å²) in [5.41, 5.74) is 1.35. The number of halogens is 3. The second-order valence-corrected chi connectivity index (χ2v) is 6.02. The monoisotopic (exact) mass is 386 g/mol. The highest BCUT2D eigenvalue weighted by molar-refractivity contribution is 5.92. The van der Waals surface area contributed by atoms with Crippen molar-refractivity contribution in [3.8, 4) is 0 Å². The maximum absolute atomic E-state index is 12.2. The van der Waals surface area contributed by atoms with Gasteiger partial charge in [-0.3, -0.25) is 4.79 Å². The summed E-state index contributed by atoms with van der Waals surface area (Å²) >= 11 is 0. The summed E-state index contributed by atoms with van der Waals surface area (Å²) < 4.78 is 36.2. The van der Waals surface area contributed by atoms with Crippen molar-refractivity contribution in [2.75, 3.05) is 25.0 Å². The molecule has 0 saturated carbocycles. The van der Waals surface area contributed by atoms with Gasteiger partial charge < -0.3 is 20.4 Å². The second-order valence-electron chi connectivity index (χ2n) is 6.02. The van der Waals surface area contributed by atoms with Crippen LogP contribution >= 0.6 is 0 Å². The van der Waals surface area contributed by atoms with Gasteiger partial charge in [0.2, 0.25) is 6.10 Å². The molecular formula is C17H21F3N4O3. The van der Waals surface area contributed by atoms with Crippen LogP contribution in [-0.2, 0) is 9.63 Å². The Morgan fingerprint density at radius 1 is 1.22 bits per heavy atom. The average molecular weight is 386 g/mol. The van der Waals surface area contributed by atoms with Crippen LogP contribution in [0.3, 0.4) is 0 Å². The molecule has 2 N–H and O–H groups in total. The molecule has 0 radical (unpaired) electrons. The molecule has 10 heteroatoms. The second kappa shape index (κ2) is 9.24. The molecule has 1 fully saturated rings. The number of benzene rings is 1. The number of amides is 3. The third kappa shape index (κ3) is 7.16. The molecule has 148 valence electrons. The zero-order chi connectivity index (χ0) is 19.9. The van der Waals surface area contributed by atoms with Crippen molar-refractivity contribution in [3.05, 3.63) is 30.3 Å². The lowest BCUT2D eigenvalue weighted by molar-refractivity contribution is -0.145. The van der Waals surface area contributed by atoms with Crippen LogP contribution in [-0.4, -0.2) is 54.5 Å². The number of oxime groups is 1.